The number of nitrogens with one attached hydrogen (secondary N) is 1. The zero-order chi connectivity index (χ0) is 11.2. The predicted octanol–water partition coefficient (Wildman–Crippen LogP) is 2.51. The standard InChI is InChI=1S/C13H12N2O/c16-13(12-8-4-5-9-12)15-14-10-11-6-2-1-3-7-11/h1-10,15-16H. The van der Waals surface area contributed by atoms with Crippen molar-refractivity contribution in [2.24, 2.45) is 5.10 Å². The van der Waals surface area contributed by atoms with E-state index in [1.54, 1.807) is 18.4 Å². The molecule has 0 radical (unpaired) electrons. The minimum Gasteiger partial charge on any atom is -0.493 e. The van der Waals surface area contributed by atoms with Crippen molar-refractivity contribution in [3.05, 3.63) is 71.7 Å². The second kappa shape index (κ2) is 4.98. The first-order valence-corrected chi connectivity index (χ1v) is 4.98. The van der Waals surface area contributed by atoms with Crippen LogP contribution in [0.5, 0.6) is 0 Å². The van der Waals surface area contributed by atoms with Gasteiger partial charge in [-0.15, -0.1) is 0 Å². The van der Waals surface area contributed by atoms with Crippen molar-refractivity contribution in [2.45, 2.75) is 0 Å². The van der Waals surface area contributed by atoms with Crippen LogP contribution in [0.1, 0.15) is 5.56 Å². The fourth-order valence-electron chi connectivity index (χ4n) is 1.30. The van der Waals surface area contributed by atoms with E-state index in [4.69, 9.17) is 0 Å². The van der Waals surface area contributed by atoms with Gasteiger partial charge in [-0.25, -0.2) is 5.43 Å². The summed E-state index contributed by atoms with van der Waals surface area (Å²) < 4.78 is 0. The fraction of sp³-hybridized carbons (Fsp3) is 0. The van der Waals surface area contributed by atoms with Crippen LogP contribution in [0.3, 0.4) is 0 Å². The highest BCUT2D eigenvalue weighted by Crippen LogP contribution is 2.09. The number of allylic oxidation sites excluding steroid dienone is 5. The zero-order valence-electron chi connectivity index (χ0n) is 8.67. The molecular weight excluding hydrogens is 200 g/mol. The Morgan fingerprint density at radius 3 is 2.50 bits per heavy atom. The van der Waals surface area contributed by atoms with E-state index < -0.39 is 0 Å². The van der Waals surface area contributed by atoms with Gasteiger partial charge in [0.05, 0.1) is 6.21 Å². The summed E-state index contributed by atoms with van der Waals surface area (Å²) in [6, 6.07) is 9.68. The molecule has 0 aromatic heterocycles. The maximum Gasteiger partial charge on any atom is 0.212 e. The highest BCUT2D eigenvalue weighted by Gasteiger charge is 1.99. The van der Waals surface area contributed by atoms with Crippen molar-refractivity contribution >= 4 is 6.21 Å². The van der Waals surface area contributed by atoms with Gasteiger partial charge in [0.25, 0.3) is 0 Å². The lowest BCUT2D eigenvalue weighted by Gasteiger charge is -1.99. The minimum atomic E-state index is 0.0529. The van der Waals surface area contributed by atoms with Gasteiger partial charge in [0, 0.05) is 5.57 Å². The second-order valence-corrected chi connectivity index (χ2v) is 3.30. The Balaban J connectivity index is 1.98. The molecule has 0 saturated heterocycles. The number of aliphatic hydroxyl groups is 1. The van der Waals surface area contributed by atoms with Crippen molar-refractivity contribution < 1.29 is 5.11 Å². The Morgan fingerprint density at radius 2 is 1.81 bits per heavy atom. The summed E-state index contributed by atoms with van der Waals surface area (Å²) in [4.78, 5) is 0. The lowest BCUT2D eigenvalue weighted by Crippen LogP contribution is -2.06. The van der Waals surface area contributed by atoms with E-state index in [1.165, 1.54) is 0 Å². The number of hydrogen-bond acceptors (Lipinski definition) is 3. The van der Waals surface area contributed by atoms with Gasteiger partial charge in [-0.3, -0.25) is 0 Å². The fourth-order valence-corrected chi connectivity index (χ4v) is 1.30. The van der Waals surface area contributed by atoms with Gasteiger partial charge in [0.1, 0.15) is 0 Å². The molecule has 16 heavy (non-hydrogen) atoms. The average Bonchev–Trinajstić information content (AvgIpc) is 2.84. The van der Waals surface area contributed by atoms with E-state index in [1.807, 2.05) is 42.5 Å². The van der Waals surface area contributed by atoms with Crippen molar-refractivity contribution in [2.75, 3.05) is 0 Å². The lowest BCUT2D eigenvalue weighted by atomic mass is 10.2. The van der Waals surface area contributed by atoms with E-state index in [0.29, 0.717) is 0 Å². The number of benzene rings is 1. The topological polar surface area (TPSA) is 44.6 Å². The van der Waals surface area contributed by atoms with Crippen molar-refractivity contribution in [1.29, 1.82) is 0 Å². The van der Waals surface area contributed by atoms with Gasteiger partial charge < -0.3 is 5.11 Å². The summed E-state index contributed by atoms with van der Waals surface area (Å²) in [6.07, 6.45) is 8.97. The van der Waals surface area contributed by atoms with E-state index in [-0.39, 0.29) is 5.88 Å². The molecule has 2 rings (SSSR count). The largest absolute Gasteiger partial charge is 0.493 e. The molecule has 0 amide bonds. The summed E-state index contributed by atoms with van der Waals surface area (Å²) >= 11 is 0. The second-order valence-electron chi connectivity index (χ2n) is 3.30. The van der Waals surface area contributed by atoms with Crippen LogP contribution in [0.4, 0.5) is 0 Å². The maximum atomic E-state index is 9.58. The average molecular weight is 212 g/mol. The van der Waals surface area contributed by atoms with Crippen LogP contribution in [0, 0.1) is 0 Å². The monoisotopic (exact) mass is 212 g/mol. The molecule has 0 heterocycles. The summed E-state index contributed by atoms with van der Waals surface area (Å²) in [5, 5.41) is 13.5. The van der Waals surface area contributed by atoms with Gasteiger partial charge in [-0.2, -0.15) is 5.10 Å². The summed E-state index contributed by atoms with van der Waals surface area (Å²) in [5.74, 6) is 0.0529. The highest BCUT2D eigenvalue weighted by molar-refractivity contribution is 5.79. The predicted molar refractivity (Wildman–Crippen MR) is 65.1 cm³/mol. The molecule has 0 unspecified atom stereocenters. The quantitative estimate of drug-likeness (QED) is 0.459. The van der Waals surface area contributed by atoms with Crippen LogP contribution in [0.15, 0.2) is 71.2 Å². The molecule has 1 aromatic rings. The van der Waals surface area contributed by atoms with Crippen LogP contribution in [-0.2, 0) is 0 Å². The zero-order valence-corrected chi connectivity index (χ0v) is 8.67. The van der Waals surface area contributed by atoms with Crippen molar-refractivity contribution in [3.63, 3.8) is 0 Å². The van der Waals surface area contributed by atoms with Gasteiger partial charge in [0.15, 0.2) is 0 Å². The first-order chi connectivity index (χ1) is 7.86. The number of hydrazone groups is 1. The molecule has 3 heteroatoms. The third-order valence-corrected chi connectivity index (χ3v) is 2.12. The number of rotatable bonds is 3. The molecule has 1 aromatic carbocycles. The lowest BCUT2D eigenvalue weighted by molar-refractivity contribution is 0.365. The molecule has 0 atom stereocenters. The third kappa shape index (κ3) is 2.60. The van der Waals surface area contributed by atoms with Gasteiger partial charge >= 0.3 is 0 Å². The van der Waals surface area contributed by atoms with Crippen LogP contribution in [0.2, 0.25) is 0 Å². The van der Waals surface area contributed by atoms with Gasteiger partial charge in [-0.1, -0.05) is 42.5 Å². The number of hydrogen-bond donors (Lipinski definition) is 2. The molecule has 80 valence electrons. The Morgan fingerprint density at radius 1 is 1.12 bits per heavy atom. The maximum absolute atomic E-state index is 9.58. The molecule has 3 nitrogen and oxygen atoms in total. The van der Waals surface area contributed by atoms with E-state index in [9.17, 15) is 5.11 Å². The molecular formula is C13H12N2O. The smallest absolute Gasteiger partial charge is 0.212 e. The molecule has 0 saturated carbocycles. The molecule has 0 spiro atoms. The summed E-state index contributed by atoms with van der Waals surface area (Å²) in [5.41, 5.74) is 4.28. The summed E-state index contributed by atoms with van der Waals surface area (Å²) in [7, 11) is 0. The molecule has 2 N–H and O–H groups in total. The molecule has 1 aliphatic rings. The van der Waals surface area contributed by atoms with Crippen LogP contribution in [0.25, 0.3) is 0 Å². The normalized spacial score (nSPS) is 13.6. The Bertz CT molecular complexity index is 456. The minimum absolute atomic E-state index is 0.0529. The van der Waals surface area contributed by atoms with Gasteiger partial charge in [-0.05, 0) is 17.7 Å². The van der Waals surface area contributed by atoms with Crippen molar-refractivity contribution in [3.8, 4) is 0 Å². The van der Waals surface area contributed by atoms with Crippen LogP contribution >= 0.6 is 0 Å². The summed E-state index contributed by atoms with van der Waals surface area (Å²) in [6.45, 7) is 0. The van der Waals surface area contributed by atoms with E-state index in [2.05, 4.69) is 10.5 Å². The van der Waals surface area contributed by atoms with E-state index >= 15 is 0 Å². The molecule has 1 aliphatic carbocycles. The molecule has 0 aliphatic heterocycles. The van der Waals surface area contributed by atoms with Crippen LogP contribution in [-0.4, -0.2) is 11.3 Å². The van der Waals surface area contributed by atoms with Crippen molar-refractivity contribution in [1.82, 2.24) is 5.43 Å². The Labute approximate surface area is 94.1 Å². The Kier molecular flexibility index (Phi) is 3.18. The SMILES string of the molecule is OC(NN=Cc1ccccc1)=C1C=CC=C1. The molecule has 0 bridgehead atoms. The number of nitrogens with zero attached hydrogens (tertiary/aromatic N) is 1. The molecule has 0 fully saturated rings. The first-order valence-electron chi connectivity index (χ1n) is 4.98. The Hall–Kier alpha value is -2.29. The van der Waals surface area contributed by atoms with Gasteiger partial charge in [0.2, 0.25) is 5.88 Å². The van der Waals surface area contributed by atoms with Crippen LogP contribution < -0.4 is 5.43 Å². The third-order valence-electron chi connectivity index (χ3n) is 2.12. The van der Waals surface area contributed by atoms with E-state index in [0.717, 1.165) is 11.1 Å². The number of aliphatic hydroxyl groups excluding tert-OH is 1. The first kappa shape index (κ1) is 10.2. The highest BCUT2D eigenvalue weighted by atomic mass is 16.3.